The minimum atomic E-state index is -3.53. The molecule has 0 aromatic heterocycles. The topological polar surface area (TPSA) is 74.3 Å². The highest BCUT2D eigenvalue weighted by Crippen LogP contribution is 2.59. The van der Waals surface area contributed by atoms with Crippen molar-refractivity contribution in [2.24, 2.45) is 5.92 Å². The van der Waals surface area contributed by atoms with E-state index in [1.165, 1.54) is 33.5 Å². The Hall–Kier alpha value is -0.620. The van der Waals surface area contributed by atoms with Crippen molar-refractivity contribution in [2.45, 2.75) is 96.4 Å². The molecule has 2 atom stereocenters. The Balaban J connectivity index is 2.36. The van der Waals surface area contributed by atoms with Crippen LogP contribution >= 0.6 is 7.60 Å². The molecule has 1 amide bonds. The molecule has 0 N–H and O–H groups in total. The summed E-state index contributed by atoms with van der Waals surface area (Å²) in [5.74, 6) is -0.382. The lowest BCUT2D eigenvalue weighted by molar-refractivity contribution is -0.0710. The molecule has 2 rings (SSSR count). The standard InChI is InChI=1S/C19H36NO6P/c1-18(2,3)26-17(21)20-15(13-14-11-9-8-10-12-14)16(25-19(20,4)5)27(22,23-6)24-7/h14-16H,8-13H2,1-7H3. The van der Waals surface area contributed by atoms with Crippen LogP contribution in [0.3, 0.4) is 0 Å². The quantitative estimate of drug-likeness (QED) is 0.590. The zero-order valence-corrected chi connectivity index (χ0v) is 18.7. The molecule has 158 valence electrons. The molecule has 0 spiro atoms. The van der Waals surface area contributed by atoms with Crippen molar-refractivity contribution in [2.75, 3.05) is 14.2 Å². The van der Waals surface area contributed by atoms with Crippen LogP contribution in [0.4, 0.5) is 4.79 Å². The van der Waals surface area contributed by atoms with E-state index in [0.29, 0.717) is 12.3 Å². The van der Waals surface area contributed by atoms with Gasteiger partial charge in [0.2, 0.25) is 0 Å². The Bertz CT molecular complexity index is 559. The van der Waals surface area contributed by atoms with Crippen LogP contribution in [0.1, 0.15) is 73.1 Å². The largest absolute Gasteiger partial charge is 0.444 e. The smallest absolute Gasteiger partial charge is 0.412 e. The summed E-state index contributed by atoms with van der Waals surface area (Å²) in [6.07, 6.45) is 6.07. The minimum Gasteiger partial charge on any atom is -0.444 e. The van der Waals surface area contributed by atoms with Gasteiger partial charge in [0.05, 0.1) is 6.04 Å². The molecule has 0 radical (unpaired) electrons. The fraction of sp³-hybridized carbons (Fsp3) is 0.947. The van der Waals surface area contributed by atoms with E-state index < -0.39 is 36.9 Å². The van der Waals surface area contributed by atoms with Crippen molar-refractivity contribution in [1.29, 1.82) is 0 Å². The summed E-state index contributed by atoms with van der Waals surface area (Å²) in [6.45, 7) is 9.08. The van der Waals surface area contributed by atoms with Crippen molar-refractivity contribution in [3.8, 4) is 0 Å². The van der Waals surface area contributed by atoms with Gasteiger partial charge in [0.1, 0.15) is 11.3 Å². The van der Waals surface area contributed by atoms with Gasteiger partial charge in [-0.1, -0.05) is 32.1 Å². The molecule has 0 aromatic carbocycles. The van der Waals surface area contributed by atoms with Crippen molar-refractivity contribution in [3.63, 3.8) is 0 Å². The number of ether oxygens (including phenoxy) is 2. The van der Waals surface area contributed by atoms with Gasteiger partial charge in [-0.3, -0.25) is 9.46 Å². The second-order valence-corrected chi connectivity index (χ2v) is 11.3. The fourth-order valence-corrected chi connectivity index (χ4v) is 5.80. The normalized spacial score (nSPS) is 27.0. The summed E-state index contributed by atoms with van der Waals surface area (Å²) in [4.78, 5) is 14.6. The summed E-state index contributed by atoms with van der Waals surface area (Å²) < 4.78 is 35.4. The molecular formula is C19H36NO6P. The Morgan fingerprint density at radius 1 is 1.15 bits per heavy atom. The SMILES string of the molecule is COP(=O)(OC)C1OC(C)(C)N(C(=O)OC(C)(C)C)C1CC1CCCCC1. The Morgan fingerprint density at radius 3 is 2.19 bits per heavy atom. The third kappa shape index (κ3) is 5.26. The summed E-state index contributed by atoms with van der Waals surface area (Å²) in [7, 11) is -0.821. The zero-order chi connectivity index (χ0) is 20.5. The van der Waals surface area contributed by atoms with Crippen molar-refractivity contribution in [3.05, 3.63) is 0 Å². The average molecular weight is 405 g/mol. The molecule has 7 nitrogen and oxygen atoms in total. The van der Waals surface area contributed by atoms with E-state index in [2.05, 4.69) is 0 Å². The molecule has 0 bridgehead atoms. The first kappa shape index (κ1) is 22.7. The average Bonchev–Trinajstić information content (AvgIpc) is 2.84. The fourth-order valence-electron chi connectivity index (χ4n) is 4.17. The van der Waals surface area contributed by atoms with Gasteiger partial charge in [0.15, 0.2) is 5.85 Å². The minimum absolute atomic E-state index is 0.427. The molecule has 1 saturated carbocycles. The van der Waals surface area contributed by atoms with Crippen LogP contribution < -0.4 is 0 Å². The lowest BCUT2D eigenvalue weighted by atomic mass is 9.84. The Labute approximate surface area is 163 Å². The van der Waals surface area contributed by atoms with Crippen molar-refractivity contribution >= 4 is 13.7 Å². The van der Waals surface area contributed by atoms with E-state index in [9.17, 15) is 9.36 Å². The number of nitrogens with zero attached hydrogens (tertiary/aromatic N) is 1. The van der Waals surface area contributed by atoms with Crippen LogP contribution in [0.25, 0.3) is 0 Å². The highest BCUT2D eigenvalue weighted by Gasteiger charge is 2.58. The van der Waals surface area contributed by atoms with E-state index in [1.54, 1.807) is 18.7 Å². The zero-order valence-electron chi connectivity index (χ0n) is 17.8. The molecule has 2 aliphatic rings. The van der Waals surface area contributed by atoms with Gasteiger partial charge in [-0.15, -0.1) is 0 Å². The van der Waals surface area contributed by atoms with E-state index in [1.807, 2.05) is 20.8 Å². The van der Waals surface area contributed by atoms with Crippen molar-refractivity contribution in [1.82, 2.24) is 4.90 Å². The van der Waals surface area contributed by atoms with Crippen LogP contribution in [0.5, 0.6) is 0 Å². The number of carbonyl (C=O) groups is 1. The summed E-state index contributed by atoms with van der Waals surface area (Å²) in [6, 6.07) is -0.427. The second kappa shape index (κ2) is 8.40. The maximum absolute atomic E-state index is 13.2. The molecule has 0 aromatic rings. The molecule has 2 fully saturated rings. The third-order valence-electron chi connectivity index (χ3n) is 5.36. The number of rotatable bonds is 5. The highest BCUT2D eigenvalue weighted by atomic mass is 31.2. The molecular weight excluding hydrogens is 369 g/mol. The monoisotopic (exact) mass is 405 g/mol. The lowest BCUT2D eigenvalue weighted by Crippen LogP contribution is -2.50. The Morgan fingerprint density at radius 2 is 1.70 bits per heavy atom. The molecule has 27 heavy (non-hydrogen) atoms. The first-order valence-electron chi connectivity index (χ1n) is 9.85. The van der Waals surface area contributed by atoms with Gasteiger partial charge in [-0.05, 0) is 47.0 Å². The maximum Gasteiger partial charge on any atom is 0.412 e. The number of amides is 1. The van der Waals surface area contributed by atoms with E-state index in [0.717, 1.165) is 12.8 Å². The molecule has 1 saturated heterocycles. The lowest BCUT2D eigenvalue weighted by Gasteiger charge is -2.37. The van der Waals surface area contributed by atoms with Crippen molar-refractivity contribution < 1.29 is 27.9 Å². The van der Waals surface area contributed by atoms with Gasteiger partial charge in [-0.2, -0.15) is 0 Å². The maximum atomic E-state index is 13.2. The van der Waals surface area contributed by atoms with Gasteiger partial charge < -0.3 is 18.5 Å². The predicted octanol–water partition coefficient (Wildman–Crippen LogP) is 5.14. The number of hydrogen-bond acceptors (Lipinski definition) is 6. The number of hydrogen-bond donors (Lipinski definition) is 0. The van der Waals surface area contributed by atoms with Gasteiger partial charge >= 0.3 is 13.7 Å². The first-order valence-corrected chi connectivity index (χ1v) is 11.5. The third-order valence-corrected chi connectivity index (χ3v) is 7.45. The second-order valence-electron chi connectivity index (χ2n) is 9.02. The van der Waals surface area contributed by atoms with Crippen LogP contribution in [0.2, 0.25) is 0 Å². The molecule has 1 aliphatic heterocycles. The summed E-state index contributed by atoms with van der Waals surface area (Å²) in [5.41, 5.74) is -1.61. The highest BCUT2D eigenvalue weighted by molar-refractivity contribution is 7.54. The summed E-state index contributed by atoms with van der Waals surface area (Å²) >= 11 is 0. The first-order chi connectivity index (χ1) is 12.4. The van der Waals surface area contributed by atoms with Gasteiger partial charge in [0.25, 0.3) is 0 Å². The molecule has 1 heterocycles. The van der Waals surface area contributed by atoms with E-state index in [4.69, 9.17) is 18.5 Å². The van der Waals surface area contributed by atoms with Gasteiger partial charge in [0, 0.05) is 14.2 Å². The van der Waals surface area contributed by atoms with E-state index in [-0.39, 0.29) is 0 Å². The molecule has 1 aliphatic carbocycles. The van der Waals surface area contributed by atoms with E-state index >= 15 is 0 Å². The molecule has 8 heteroatoms. The Kier molecular flexibility index (Phi) is 7.05. The van der Waals surface area contributed by atoms with Crippen LogP contribution in [0, 0.1) is 5.92 Å². The number of carbonyl (C=O) groups excluding carboxylic acids is 1. The summed E-state index contributed by atoms with van der Waals surface area (Å²) in [5, 5.41) is 0. The van der Waals surface area contributed by atoms with Crippen LogP contribution in [-0.4, -0.2) is 48.4 Å². The van der Waals surface area contributed by atoms with Crippen LogP contribution in [-0.2, 0) is 23.1 Å². The van der Waals surface area contributed by atoms with Crippen LogP contribution in [0.15, 0.2) is 0 Å². The molecule has 2 unspecified atom stereocenters. The van der Waals surface area contributed by atoms with Gasteiger partial charge in [-0.25, -0.2) is 4.79 Å². The predicted molar refractivity (Wildman–Crippen MR) is 104 cm³/mol.